The molecule has 27 heavy (non-hydrogen) atoms. The Kier molecular flexibility index (Phi) is 6.11. The van der Waals surface area contributed by atoms with E-state index >= 15 is 0 Å². The summed E-state index contributed by atoms with van der Waals surface area (Å²) in [6.07, 6.45) is 0. The van der Waals surface area contributed by atoms with Crippen molar-refractivity contribution in [2.45, 2.75) is 27.1 Å². The minimum absolute atomic E-state index is 0.0248. The number of hydrogen-bond acceptors (Lipinski definition) is 2. The Balaban J connectivity index is 1.69. The molecule has 0 aromatic heterocycles. The number of carbonyl (C=O) groups is 1. The second kappa shape index (κ2) is 8.35. The first-order valence-corrected chi connectivity index (χ1v) is 10.8. The molecule has 1 atom stereocenters. The molecule has 1 N–H and O–H groups in total. The predicted molar refractivity (Wildman–Crippen MR) is 119 cm³/mol. The van der Waals surface area contributed by atoms with Gasteiger partial charge in [-0.3, -0.25) is 4.79 Å². The van der Waals surface area contributed by atoms with E-state index < -0.39 is 10.8 Å². The number of anilines is 1. The van der Waals surface area contributed by atoms with E-state index in [4.69, 9.17) is 0 Å². The molecule has 3 aromatic carbocycles. The van der Waals surface area contributed by atoms with E-state index in [0.717, 1.165) is 4.90 Å². The number of rotatable bonds is 5. The lowest BCUT2D eigenvalue weighted by Gasteiger charge is -2.17. The zero-order valence-electron chi connectivity index (χ0n) is 15.1. The summed E-state index contributed by atoms with van der Waals surface area (Å²) in [4.78, 5) is 13.9. The van der Waals surface area contributed by atoms with Crippen LogP contribution in [0.4, 0.5) is 5.69 Å². The monoisotopic (exact) mass is 489 g/mol. The first kappa shape index (κ1) is 19.8. The Bertz CT molecular complexity index is 946. The minimum atomic E-state index is -1.23. The molecule has 0 spiro atoms. The molecule has 138 valence electrons. The van der Waals surface area contributed by atoms with Crippen molar-refractivity contribution >= 4 is 45.0 Å². The van der Waals surface area contributed by atoms with Crippen LogP contribution in [0.3, 0.4) is 0 Å². The van der Waals surface area contributed by atoms with Gasteiger partial charge in [-0.05, 0) is 67.9 Å². The molecule has 3 rings (SSSR count). The van der Waals surface area contributed by atoms with Crippen LogP contribution in [-0.2, 0) is 14.2 Å². The summed E-state index contributed by atoms with van der Waals surface area (Å²) in [6.45, 7) is 4.26. The zero-order chi connectivity index (χ0) is 19.4. The van der Waals surface area contributed by atoms with Crippen LogP contribution in [-0.4, -0.2) is 10.1 Å². The highest BCUT2D eigenvalue weighted by Crippen LogP contribution is 2.30. The highest BCUT2D eigenvalue weighted by molar-refractivity contribution is 14.1. The fraction of sp³-hybridized carbons (Fsp3) is 0.136. The van der Waals surface area contributed by atoms with Gasteiger partial charge < -0.3 is 5.32 Å². The van der Waals surface area contributed by atoms with Gasteiger partial charge in [-0.25, -0.2) is 4.21 Å². The molecule has 0 heterocycles. The smallest absolute Gasteiger partial charge is 0.255 e. The van der Waals surface area contributed by atoms with Crippen LogP contribution in [0.25, 0.3) is 0 Å². The largest absolute Gasteiger partial charge is 0.322 e. The molecule has 3 aromatic rings. The molecule has 0 aliphatic carbocycles. The lowest BCUT2D eigenvalue weighted by atomic mass is 10.0. The molecular formula is C22H20INO2S. The van der Waals surface area contributed by atoms with Crippen molar-refractivity contribution in [3.63, 3.8) is 0 Å². The van der Waals surface area contributed by atoms with Gasteiger partial charge >= 0.3 is 0 Å². The molecule has 1 unspecified atom stereocenters. The fourth-order valence-electron chi connectivity index (χ4n) is 2.56. The van der Waals surface area contributed by atoms with Crippen LogP contribution in [0.1, 0.15) is 29.8 Å². The molecule has 3 nitrogen and oxygen atoms in total. The quantitative estimate of drug-likeness (QED) is 0.365. The Morgan fingerprint density at radius 3 is 1.96 bits per heavy atom. The number of alkyl halides is 1. The van der Waals surface area contributed by atoms with Crippen molar-refractivity contribution in [3.05, 3.63) is 90.0 Å². The summed E-state index contributed by atoms with van der Waals surface area (Å²) in [6, 6.07) is 24.0. The lowest BCUT2D eigenvalue weighted by molar-refractivity contribution is 0.102. The number of hydrogen-bond donors (Lipinski definition) is 1. The standard InChI is InChI=1S/C22H20INO2S/c1-22(2,23)17-10-8-16(9-11-17)21(25)24-18-12-14-20(15-13-18)27(26)19-6-4-3-5-7-19/h3-15H,1-2H3,(H,24,25). The number of benzene rings is 3. The second-order valence-corrected chi connectivity index (χ2v) is 10.8. The average Bonchev–Trinajstić information content (AvgIpc) is 2.68. The molecule has 0 aliphatic heterocycles. The highest BCUT2D eigenvalue weighted by Gasteiger charge is 2.16. The summed E-state index contributed by atoms with van der Waals surface area (Å²) in [5, 5.41) is 2.88. The first-order valence-electron chi connectivity index (χ1n) is 8.52. The number of halogens is 1. The summed E-state index contributed by atoms with van der Waals surface area (Å²) < 4.78 is 12.6. The van der Waals surface area contributed by atoms with E-state index in [1.165, 1.54) is 5.56 Å². The molecular weight excluding hydrogens is 469 g/mol. The van der Waals surface area contributed by atoms with Crippen molar-refractivity contribution in [2.75, 3.05) is 5.32 Å². The lowest BCUT2D eigenvalue weighted by Crippen LogP contribution is -2.13. The maximum absolute atomic E-state index is 12.5. The third-order valence-electron chi connectivity index (χ3n) is 4.12. The van der Waals surface area contributed by atoms with E-state index in [0.29, 0.717) is 16.1 Å². The number of amides is 1. The summed E-state index contributed by atoms with van der Waals surface area (Å²) in [5.74, 6) is -0.162. The number of carbonyl (C=O) groups excluding carboxylic acids is 1. The third-order valence-corrected chi connectivity index (χ3v) is 6.14. The summed E-state index contributed by atoms with van der Waals surface area (Å²) in [7, 11) is -1.23. The van der Waals surface area contributed by atoms with E-state index in [1.807, 2.05) is 54.6 Å². The number of nitrogens with one attached hydrogen (secondary N) is 1. The van der Waals surface area contributed by atoms with Crippen LogP contribution >= 0.6 is 22.6 Å². The van der Waals surface area contributed by atoms with Gasteiger partial charge in [0.25, 0.3) is 5.91 Å². The van der Waals surface area contributed by atoms with E-state index in [1.54, 1.807) is 24.3 Å². The second-order valence-electron chi connectivity index (χ2n) is 6.61. The van der Waals surface area contributed by atoms with Gasteiger partial charge in [0, 0.05) is 24.5 Å². The van der Waals surface area contributed by atoms with Crippen LogP contribution in [0.15, 0.2) is 88.7 Å². The SMILES string of the molecule is CC(C)(I)c1ccc(C(=O)Nc2ccc(S(=O)c3ccccc3)cc2)cc1. The molecule has 5 heteroatoms. The van der Waals surface area contributed by atoms with Gasteiger partial charge in [0.15, 0.2) is 0 Å². The normalized spacial score (nSPS) is 12.4. The van der Waals surface area contributed by atoms with Crippen molar-refractivity contribution in [1.29, 1.82) is 0 Å². The molecule has 0 aliphatic rings. The van der Waals surface area contributed by atoms with Crippen molar-refractivity contribution in [1.82, 2.24) is 0 Å². The van der Waals surface area contributed by atoms with Crippen LogP contribution < -0.4 is 5.32 Å². The van der Waals surface area contributed by atoms with Gasteiger partial charge in [0.2, 0.25) is 0 Å². The molecule has 0 bridgehead atoms. The molecule has 0 saturated carbocycles. The third kappa shape index (κ3) is 5.05. The van der Waals surface area contributed by atoms with Crippen molar-refractivity contribution < 1.29 is 9.00 Å². The van der Waals surface area contributed by atoms with Gasteiger partial charge in [-0.2, -0.15) is 0 Å². The van der Waals surface area contributed by atoms with Crippen LogP contribution in [0.5, 0.6) is 0 Å². The Labute approximate surface area is 175 Å². The van der Waals surface area contributed by atoms with E-state index in [-0.39, 0.29) is 9.33 Å². The van der Waals surface area contributed by atoms with Gasteiger partial charge in [-0.1, -0.05) is 52.9 Å². The van der Waals surface area contributed by atoms with Crippen LogP contribution in [0.2, 0.25) is 0 Å². The summed E-state index contributed by atoms with van der Waals surface area (Å²) in [5.41, 5.74) is 2.45. The van der Waals surface area contributed by atoms with Gasteiger partial charge in [0.1, 0.15) is 0 Å². The molecule has 1 amide bonds. The van der Waals surface area contributed by atoms with E-state index in [9.17, 15) is 9.00 Å². The maximum atomic E-state index is 12.5. The van der Waals surface area contributed by atoms with E-state index in [2.05, 4.69) is 41.8 Å². The first-order chi connectivity index (χ1) is 12.8. The highest BCUT2D eigenvalue weighted by atomic mass is 127. The molecule has 0 fully saturated rings. The Hall–Kier alpha value is -1.99. The Morgan fingerprint density at radius 2 is 1.41 bits per heavy atom. The maximum Gasteiger partial charge on any atom is 0.255 e. The Morgan fingerprint density at radius 1 is 0.852 bits per heavy atom. The van der Waals surface area contributed by atoms with Crippen molar-refractivity contribution in [2.24, 2.45) is 0 Å². The molecule has 0 radical (unpaired) electrons. The summed E-state index contributed by atoms with van der Waals surface area (Å²) >= 11 is 2.38. The minimum Gasteiger partial charge on any atom is -0.322 e. The topological polar surface area (TPSA) is 46.2 Å². The predicted octanol–water partition coefficient (Wildman–Crippen LogP) is 5.78. The van der Waals surface area contributed by atoms with Crippen molar-refractivity contribution in [3.8, 4) is 0 Å². The fourth-order valence-corrected chi connectivity index (χ4v) is 3.98. The van der Waals surface area contributed by atoms with Gasteiger partial charge in [0.05, 0.1) is 10.8 Å². The average molecular weight is 489 g/mol. The van der Waals surface area contributed by atoms with Gasteiger partial charge in [-0.15, -0.1) is 0 Å². The zero-order valence-corrected chi connectivity index (χ0v) is 18.1. The molecule has 0 saturated heterocycles. The van der Waals surface area contributed by atoms with Crippen LogP contribution in [0, 0.1) is 0 Å².